The normalized spacial score (nSPS) is 11.3. The van der Waals surface area contributed by atoms with Crippen molar-refractivity contribution in [2.75, 3.05) is 9.80 Å². The Kier molecular flexibility index (Phi) is 9.62. The van der Waals surface area contributed by atoms with Crippen LogP contribution in [0.15, 0.2) is 212 Å². The van der Waals surface area contributed by atoms with Gasteiger partial charge in [0.05, 0.1) is 22.2 Å². The molecule has 10 rings (SSSR count). The molecular formula is C54H35F4N3. The topological polar surface area (TPSA) is 11.4 Å². The highest BCUT2D eigenvalue weighted by Gasteiger charge is 2.30. The van der Waals surface area contributed by atoms with Gasteiger partial charge in [0.15, 0.2) is 23.3 Å². The average Bonchev–Trinajstić information content (AvgIpc) is 3.64. The number of halogens is 4. The van der Waals surface area contributed by atoms with Crippen LogP contribution in [0.3, 0.4) is 0 Å². The summed E-state index contributed by atoms with van der Waals surface area (Å²) in [5.41, 5.74) is 4.75. The molecular weight excluding hydrogens is 767 g/mol. The van der Waals surface area contributed by atoms with Gasteiger partial charge in [-0.2, -0.15) is 0 Å². The van der Waals surface area contributed by atoms with Crippen LogP contribution in [0.1, 0.15) is 0 Å². The lowest BCUT2D eigenvalue weighted by Crippen LogP contribution is -2.14. The van der Waals surface area contributed by atoms with Crippen molar-refractivity contribution in [3.05, 3.63) is 236 Å². The molecule has 0 amide bonds. The molecule has 0 spiro atoms. The Morgan fingerprint density at radius 2 is 0.672 bits per heavy atom. The van der Waals surface area contributed by atoms with Crippen molar-refractivity contribution in [1.82, 2.24) is 4.57 Å². The van der Waals surface area contributed by atoms with E-state index in [1.165, 1.54) is 6.07 Å². The molecule has 0 N–H and O–H groups in total. The monoisotopic (exact) mass is 801 g/mol. The fourth-order valence-electron chi connectivity index (χ4n) is 8.32. The summed E-state index contributed by atoms with van der Waals surface area (Å²) < 4.78 is 69.8. The molecule has 0 aliphatic rings. The molecule has 1 aromatic heterocycles. The lowest BCUT2D eigenvalue weighted by molar-refractivity contribution is 0.463. The highest BCUT2D eigenvalue weighted by molar-refractivity contribution is 6.10. The molecule has 61 heavy (non-hydrogen) atoms. The minimum absolute atomic E-state index is 0.0000577. The van der Waals surface area contributed by atoms with Crippen LogP contribution in [0.2, 0.25) is 0 Å². The molecule has 294 valence electrons. The highest BCUT2D eigenvalue weighted by Crippen LogP contribution is 2.46. The number of nitrogens with zero attached hydrogens (tertiary/aromatic N) is 3. The van der Waals surface area contributed by atoms with Crippen LogP contribution < -0.4 is 9.80 Å². The van der Waals surface area contributed by atoms with Crippen LogP contribution in [0.25, 0.3) is 49.7 Å². The summed E-state index contributed by atoms with van der Waals surface area (Å²) in [6.45, 7) is 0. The molecule has 7 heteroatoms. The molecule has 9 aromatic carbocycles. The minimum atomic E-state index is -1.50. The van der Waals surface area contributed by atoms with Crippen LogP contribution in [0, 0.1) is 23.3 Å². The Bertz CT molecular complexity index is 2960. The van der Waals surface area contributed by atoms with E-state index in [0.29, 0.717) is 16.9 Å². The quantitative estimate of drug-likeness (QED) is 0.106. The van der Waals surface area contributed by atoms with Crippen molar-refractivity contribution in [2.45, 2.75) is 0 Å². The summed E-state index contributed by atoms with van der Waals surface area (Å²) in [7, 11) is 0. The molecule has 10 aromatic rings. The van der Waals surface area contributed by atoms with Gasteiger partial charge >= 0.3 is 0 Å². The van der Waals surface area contributed by atoms with Crippen molar-refractivity contribution in [3.8, 4) is 27.9 Å². The van der Waals surface area contributed by atoms with E-state index in [-0.39, 0.29) is 11.1 Å². The lowest BCUT2D eigenvalue weighted by atomic mass is 9.95. The van der Waals surface area contributed by atoms with Crippen molar-refractivity contribution in [3.63, 3.8) is 0 Å². The summed E-state index contributed by atoms with van der Waals surface area (Å²) in [5.74, 6) is -5.99. The van der Waals surface area contributed by atoms with Gasteiger partial charge in [-0.3, -0.25) is 0 Å². The summed E-state index contributed by atoms with van der Waals surface area (Å²) in [6, 6.07) is 65.5. The Morgan fingerprint density at radius 3 is 1.13 bits per heavy atom. The zero-order valence-electron chi connectivity index (χ0n) is 32.6. The van der Waals surface area contributed by atoms with E-state index in [9.17, 15) is 0 Å². The molecule has 0 aliphatic carbocycles. The van der Waals surface area contributed by atoms with E-state index in [2.05, 4.69) is 0 Å². The third-order valence-corrected chi connectivity index (χ3v) is 11.0. The fraction of sp³-hybridized carbons (Fsp3) is 0. The van der Waals surface area contributed by atoms with Gasteiger partial charge in [0.1, 0.15) is 0 Å². The van der Waals surface area contributed by atoms with E-state index in [0.717, 1.165) is 44.7 Å². The van der Waals surface area contributed by atoms with Crippen molar-refractivity contribution in [1.29, 1.82) is 0 Å². The molecule has 0 atom stereocenters. The van der Waals surface area contributed by atoms with Crippen molar-refractivity contribution >= 4 is 55.9 Å². The smallest absolute Gasteiger partial charge is 0.170 e. The van der Waals surface area contributed by atoms with Crippen molar-refractivity contribution in [2.24, 2.45) is 0 Å². The van der Waals surface area contributed by atoms with E-state index in [1.54, 1.807) is 24.3 Å². The number of para-hydroxylation sites is 6. The average molecular weight is 802 g/mol. The van der Waals surface area contributed by atoms with Gasteiger partial charge in [-0.15, -0.1) is 0 Å². The number of hydrogen-bond donors (Lipinski definition) is 0. The minimum Gasteiger partial charge on any atom is -0.310 e. The lowest BCUT2D eigenvalue weighted by Gasteiger charge is -2.30. The van der Waals surface area contributed by atoms with Gasteiger partial charge in [0, 0.05) is 50.6 Å². The van der Waals surface area contributed by atoms with Crippen LogP contribution >= 0.6 is 0 Å². The molecule has 0 bridgehead atoms. The van der Waals surface area contributed by atoms with E-state index >= 15 is 17.6 Å². The molecule has 0 radical (unpaired) electrons. The van der Waals surface area contributed by atoms with E-state index in [4.69, 9.17) is 0 Å². The van der Waals surface area contributed by atoms with E-state index in [1.807, 2.05) is 196 Å². The van der Waals surface area contributed by atoms with Crippen molar-refractivity contribution < 1.29 is 17.6 Å². The maximum absolute atomic E-state index is 17.0. The molecule has 0 fully saturated rings. The molecule has 0 saturated carbocycles. The van der Waals surface area contributed by atoms with Crippen LogP contribution in [0.4, 0.5) is 51.7 Å². The van der Waals surface area contributed by atoms with Crippen LogP contribution in [-0.4, -0.2) is 4.57 Å². The third kappa shape index (κ3) is 6.66. The van der Waals surface area contributed by atoms with Gasteiger partial charge in [0.2, 0.25) is 0 Å². The summed E-state index contributed by atoms with van der Waals surface area (Å²) in [5, 5.41) is 1.76. The molecule has 0 unspecified atom stereocenters. The summed E-state index contributed by atoms with van der Waals surface area (Å²) in [6.07, 6.45) is 0. The standard InChI is InChI=1S/C54H35F4N3/c55-51-49(36-30-31-46-45-28-16-17-29-47(45)61(48(46)34-36)42-26-14-5-15-27-42)52(56)54(58)50(53(51)57)37-32-43(59(38-18-6-1-7-19-38)39-20-8-2-9-21-39)35-44(33-37)60(40-22-10-3-11-23-40)41-24-12-4-13-25-41/h1-35H. The third-order valence-electron chi connectivity index (χ3n) is 11.0. The Hall–Kier alpha value is -7.90. The van der Waals surface area contributed by atoms with Gasteiger partial charge < -0.3 is 14.4 Å². The SMILES string of the molecule is Fc1c(F)c(-c2ccc3c4ccccc4n(-c4ccccc4)c3c2)c(F)c(F)c1-c1cc(N(c2ccccc2)c2ccccc2)cc(N(c2ccccc2)c2ccccc2)c1. The zero-order valence-corrected chi connectivity index (χ0v) is 32.6. The maximum Gasteiger partial charge on any atom is 0.170 e. The number of anilines is 6. The number of rotatable bonds is 9. The Morgan fingerprint density at radius 1 is 0.295 bits per heavy atom. The summed E-state index contributed by atoms with van der Waals surface area (Å²) in [4.78, 5) is 3.89. The number of fused-ring (bicyclic) bond motifs is 3. The van der Waals surface area contributed by atoms with Gasteiger partial charge in [-0.25, -0.2) is 17.6 Å². The Labute approximate surface area is 350 Å². The predicted molar refractivity (Wildman–Crippen MR) is 241 cm³/mol. The van der Waals surface area contributed by atoms with Gasteiger partial charge in [-0.05, 0) is 102 Å². The zero-order chi connectivity index (χ0) is 41.5. The molecule has 0 aliphatic heterocycles. The molecule has 1 heterocycles. The van der Waals surface area contributed by atoms with Crippen LogP contribution in [-0.2, 0) is 0 Å². The molecule has 3 nitrogen and oxygen atoms in total. The molecule has 0 saturated heterocycles. The Balaban J connectivity index is 1.21. The second-order valence-corrected chi connectivity index (χ2v) is 14.7. The second kappa shape index (κ2) is 15.7. The number of aromatic nitrogens is 1. The number of benzene rings is 9. The highest BCUT2D eigenvalue weighted by atomic mass is 19.2. The first-order valence-electron chi connectivity index (χ1n) is 19.9. The first kappa shape index (κ1) is 37.4. The first-order valence-corrected chi connectivity index (χ1v) is 19.9. The van der Waals surface area contributed by atoms with Gasteiger partial charge in [-0.1, -0.05) is 121 Å². The van der Waals surface area contributed by atoms with E-state index < -0.39 is 34.4 Å². The van der Waals surface area contributed by atoms with Crippen LogP contribution in [0.5, 0.6) is 0 Å². The predicted octanol–water partition coefficient (Wildman–Crippen LogP) is 15.6. The first-order chi connectivity index (χ1) is 30.0. The number of hydrogen-bond acceptors (Lipinski definition) is 2. The maximum atomic E-state index is 17.0. The fourth-order valence-corrected chi connectivity index (χ4v) is 8.32. The second-order valence-electron chi connectivity index (χ2n) is 14.7. The largest absolute Gasteiger partial charge is 0.310 e. The summed E-state index contributed by atoms with van der Waals surface area (Å²) >= 11 is 0. The van der Waals surface area contributed by atoms with Gasteiger partial charge in [0.25, 0.3) is 0 Å².